The van der Waals surface area contributed by atoms with Gasteiger partial charge in [-0.25, -0.2) is 4.57 Å². The topological polar surface area (TPSA) is 132 Å². The fourth-order valence-electron chi connectivity index (χ4n) is 6.26. The molecule has 60 heavy (non-hydrogen) atoms. The summed E-state index contributed by atoms with van der Waals surface area (Å²) in [5, 5.41) is 18.4. The molecule has 0 fully saturated rings. The Morgan fingerprint density at radius 1 is 0.533 bits per heavy atom. The second-order valence-corrected chi connectivity index (χ2v) is 17.2. The zero-order valence-corrected chi connectivity index (χ0v) is 39.1. The van der Waals surface area contributed by atoms with Gasteiger partial charge in [-0.1, -0.05) is 177 Å². The number of hydrogen-bond acceptors (Lipinski definition) is 8. The normalized spacial score (nSPS) is 14.6. The van der Waals surface area contributed by atoms with Crippen LogP contribution in [0.2, 0.25) is 0 Å². The van der Waals surface area contributed by atoms with Crippen molar-refractivity contribution in [1.82, 2.24) is 0 Å². The van der Waals surface area contributed by atoms with Crippen LogP contribution >= 0.6 is 7.82 Å². The number of aliphatic hydroxyl groups is 2. The van der Waals surface area contributed by atoms with Gasteiger partial charge in [-0.15, -0.1) is 0 Å². The Kier molecular flexibility index (Phi) is 44.8. The fraction of sp³-hybridized carbons (Fsp3) is 0.740. The van der Waals surface area contributed by atoms with Gasteiger partial charge in [0.2, 0.25) is 0 Å². The van der Waals surface area contributed by atoms with E-state index >= 15 is 0 Å². The smallest absolute Gasteiger partial charge is 0.457 e. The van der Waals surface area contributed by atoms with Crippen LogP contribution in [0.4, 0.5) is 0 Å². The summed E-state index contributed by atoms with van der Waals surface area (Å²) in [6.45, 7) is 3.36. The van der Waals surface area contributed by atoms with E-state index in [0.717, 1.165) is 96.3 Å². The van der Waals surface area contributed by atoms with Crippen molar-refractivity contribution in [2.75, 3.05) is 33.0 Å². The van der Waals surface area contributed by atoms with Crippen molar-refractivity contribution in [2.24, 2.45) is 0 Å². The molecule has 0 aromatic carbocycles. The average molecular weight is 865 g/mol. The van der Waals surface area contributed by atoms with Gasteiger partial charge in [-0.05, 0) is 83.5 Å². The van der Waals surface area contributed by atoms with Crippen molar-refractivity contribution in [3.8, 4) is 0 Å². The standard InChI is InChI=1S/C50H89O9P/c1-3-5-7-9-11-13-15-17-19-21-23-24-25-26-28-30-32-34-36-38-40-42-50(53)59-49(47-58-60(54,55)57-45-48(52)44-51)46-56-43-41-39-37-35-33-31-29-27-22-20-18-16-14-12-10-8-6-4-2/h6,8,12,14-15,17-18,20-21,23,25-26,48-49,51-52H,3-5,7,9-11,13,16,19,22,24,27-47H2,1-2H3,(H,54,55)/b8-6-,14-12-,17-15-,20-18-,23-21-,26-25-. The molecule has 0 aliphatic rings. The molecule has 0 aliphatic heterocycles. The quantitative estimate of drug-likeness (QED) is 0.0237. The van der Waals surface area contributed by atoms with Crippen LogP contribution in [0.3, 0.4) is 0 Å². The first kappa shape index (κ1) is 57.9. The molecule has 0 rings (SSSR count). The maximum Gasteiger partial charge on any atom is 0.472 e. The molecule has 0 radical (unpaired) electrons. The van der Waals surface area contributed by atoms with Crippen molar-refractivity contribution in [3.05, 3.63) is 72.9 Å². The first-order valence-electron chi connectivity index (χ1n) is 23.9. The summed E-state index contributed by atoms with van der Waals surface area (Å²) in [5.41, 5.74) is 0. The number of carbonyl (C=O) groups excluding carboxylic acids is 1. The number of hydrogen-bond donors (Lipinski definition) is 3. The highest BCUT2D eigenvalue weighted by Gasteiger charge is 2.26. The number of phosphoric acid groups is 1. The first-order chi connectivity index (χ1) is 29.3. The molecule has 0 bridgehead atoms. The lowest BCUT2D eigenvalue weighted by Gasteiger charge is -2.20. The van der Waals surface area contributed by atoms with E-state index in [0.29, 0.717) is 13.0 Å². The average Bonchev–Trinajstić information content (AvgIpc) is 3.24. The monoisotopic (exact) mass is 865 g/mol. The van der Waals surface area contributed by atoms with Crippen LogP contribution in [0.1, 0.15) is 194 Å². The van der Waals surface area contributed by atoms with Crippen molar-refractivity contribution < 1.29 is 43.0 Å². The highest BCUT2D eigenvalue weighted by Crippen LogP contribution is 2.43. The van der Waals surface area contributed by atoms with E-state index in [2.05, 4.69) is 86.8 Å². The molecule has 0 aromatic heterocycles. The van der Waals surface area contributed by atoms with Crippen LogP contribution < -0.4 is 0 Å². The Balaban J connectivity index is 4.17. The molecule has 0 saturated carbocycles. The van der Waals surface area contributed by atoms with E-state index in [-0.39, 0.29) is 19.6 Å². The summed E-state index contributed by atoms with van der Waals surface area (Å²) >= 11 is 0. The maximum atomic E-state index is 12.7. The van der Waals surface area contributed by atoms with Gasteiger partial charge in [0.1, 0.15) is 12.2 Å². The molecule has 0 aromatic rings. The molecule has 3 N–H and O–H groups in total. The van der Waals surface area contributed by atoms with Gasteiger partial charge < -0.3 is 24.6 Å². The second-order valence-electron chi connectivity index (χ2n) is 15.7. The molecule has 0 saturated heterocycles. The molecule has 10 heteroatoms. The minimum absolute atomic E-state index is 0.0351. The Labute approximate surface area is 367 Å². The van der Waals surface area contributed by atoms with Crippen molar-refractivity contribution >= 4 is 13.8 Å². The van der Waals surface area contributed by atoms with Gasteiger partial charge in [-0.2, -0.15) is 0 Å². The lowest BCUT2D eigenvalue weighted by Crippen LogP contribution is -2.29. The summed E-state index contributed by atoms with van der Waals surface area (Å²) in [7, 11) is -4.53. The number of aliphatic hydroxyl groups excluding tert-OH is 2. The maximum absolute atomic E-state index is 12.7. The lowest BCUT2D eigenvalue weighted by atomic mass is 10.1. The lowest BCUT2D eigenvalue weighted by molar-refractivity contribution is -0.154. The summed E-state index contributed by atoms with van der Waals surface area (Å²) in [6.07, 6.45) is 55.7. The zero-order chi connectivity index (χ0) is 43.9. The molecule has 3 atom stereocenters. The highest BCUT2D eigenvalue weighted by molar-refractivity contribution is 7.47. The SMILES string of the molecule is CC/C=C\C/C=C\C/C=C\CCCCCCCCCCOCC(COP(=O)(O)OCC(O)CO)OC(=O)CCCCCCCC/C=C\C/C=C\C/C=C\CCCCCCC. The Morgan fingerprint density at radius 3 is 1.43 bits per heavy atom. The highest BCUT2D eigenvalue weighted by atomic mass is 31.2. The van der Waals surface area contributed by atoms with E-state index in [1.165, 1.54) is 70.6 Å². The summed E-state index contributed by atoms with van der Waals surface area (Å²) < 4.78 is 33.5. The molecule has 348 valence electrons. The third-order valence-electron chi connectivity index (χ3n) is 9.88. The largest absolute Gasteiger partial charge is 0.472 e. The molecular weight excluding hydrogens is 776 g/mol. The summed E-state index contributed by atoms with van der Waals surface area (Å²) in [6, 6.07) is 0. The van der Waals surface area contributed by atoms with Gasteiger partial charge in [0.05, 0.1) is 26.4 Å². The van der Waals surface area contributed by atoms with Crippen LogP contribution in [0.15, 0.2) is 72.9 Å². The van der Waals surface area contributed by atoms with Gasteiger partial charge in [0, 0.05) is 13.0 Å². The summed E-state index contributed by atoms with van der Waals surface area (Å²) in [4.78, 5) is 22.7. The number of carbonyl (C=O) groups is 1. The van der Waals surface area contributed by atoms with Gasteiger partial charge in [0.25, 0.3) is 0 Å². The molecule has 3 unspecified atom stereocenters. The predicted octanol–water partition coefficient (Wildman–Crippen LogP) is 13.7. The number of unbranched alkanes of at least 4 members (excludes halogenated alkanes) is 19. The Hall–Kier alpha value is -2.10. The predicted molar refractivity (Wildman–Crippen MR) is 251 cm³/mol. The molecule has 0 heterocycles. The third kappa shape index (κ3) is 45.4. The minimum atomic E-state index is -4.53. The van der Waals surface area contributed by atoms with Gasteiger partial charge in [0.15, 0.2) is 0 Å². The van der Waals surface area contributed by atoms with E-state index in [9.17, 15) is 19.4 Å². The molecule has 0 aliphatic carbocycles. The minimum Gasteiger partial charge on any atom is -0.457 e. The fourth-order valence-corrected chi connectivity index (χ4v) is 7.05. The zero-order valence-electron chi connectivity index (χ0n) is 38.2. The number of allylic oxidation sites excluding steroid dienone is 12. The van der Waals surface area contributed by atoms with Crippen LogP contribution in [0.5, 0.6) is 0 Å². The van der Waals surface area contributed by atoms with Crippen molar-refractivity contribution in [1.29, 1.82) is 0 Å². The number of esters is 1. The van der Waals surface area contributed by atoms with E-state index in [1.807, 2.05) is 0 Å². The van der Waals surface area contributed by atoms with Crippen LogP contribution in [0, 0.1) is 0 Å². The first-order valence-corrected chi connectivity index (χ1v) is 25.4. The second kappa shape index (κ2) is 46.4. The van der Waals surface area contributed by atoms with Crippen molar-refractivity contribution in [3.63, 3.8) is 0 Å². The molecule has 9 nitrogen and oxygen atoms in total. The summed E-state index contributed by atoms with van der Waals surface area (Å²) in [5.74, 6) is -0.399. The van der Waals surface area contributed by atoms with E-state index in [4.69, 9.17) is 23.6 Å². The van der Waals surface area contributed by atoms with E-state index in [1.54, 1.807) is 0 Å². The number of rotatable bonds is 45. The van der Waals surface area contributed by atoms with Crippen LogP contribution in [0.25, 0.3) is 0 Å². The Bertz CT molecular complexity index is 1160. The van der Waals surface area contributed by atoms with Gasteiger partial charge >= 0.3 is 13.8 Å². The molecular formula is C50H89O9P. The third-order valence-corrected chi connectivity index (χ3v) is 10.8. The Morgan fingerprint density at radius 2 is 0.950 bits per heavy atom. The van der Waals surface area contributed by atoms with Gasteiger partial charge in [-0.3, -0.25) is 13.8 Å². The van der Waals surface area contributed by atoms with Crippen LogP contribution in [-0.2, 0) is 27.9 Å². The van der Waals surface area contributed by atoms with Crippen LogP contribution in [-0.4, -0.2) is 66.3 Å². The molecule has 0 amide bonds. The number of phosphoric ester groups is 1. The van der Waals surface area contributed by atoms with Crippen molar-refractivity contribution in [2.45, 2.75) is 206 Å². The molecule has 0 spiro atoms. The van der Waals surface area contributed by atoms with E-state index < -0.39 is 39.2 Å². The number of ether oxygens (including phenoxy) is 2.